The summed E-state index contributed by atoms with van der Waals surface area (Å²) in [6.07, 6.45) is 3.14. The Hall–Kier alpha value is -2.71. The molecule has 154 valence electrons. The van der Waals surface area contributed by atoms with Crippen molar-refractivity contribution in [1.82, 2.24) is 13.9 Å². The first-order valence-electron chi connectivity index (χ1n) is 9.33. The molecule has 0 radical (unpaired) electrons. The Kier molecular flexibility index (Phi) is 4.94. The van der Waals surface area contributed by atoms with Crippen LogP contribution in [0.4, 0.5) is 5.95 Å². The lowest BCUT2D eigenvalue weighted by molar-refractivity contribution is 0.583. The molecule has 0 fully saturated rings. The molecule has 0 unspecified atom stereocenters. The van der Waals surface area contributed by atoms with E-state index >= 15 is 0 Å². The summed E-state index contributed by atoms with van der Waals surface area (Å²) in [4.78, 5) is 8.43. The molecular weight excluding hydrogens is 464 g/mol. The molecule has 2 aromatic heterocycles. The average molecular weight is 485 g/mol. The van der Waals surface area contributed by atoms with Crippen LogP contribution >= 0.6 is 15.9 Å². The molecule has 2 aromatic carbocycles. The van der Waals surface area contributed by atoms with Crippen LogP contribution in [-0.2, 0) is 15.4 Å². The van der Waals surface area contributed by atoms with E-state index in [9.17, 15) is 8.42 Å². The Labute approximate surface area is 184 Å². The summed E-state index contributed by atoms with van der Waals surface area (Å²) in [6.45, 7) is 6.27. The number of halogens is 1. The van der Waals surface area contributed by atoms with Gasteiger partial charge in [-0.1, -0.05) is 48.8 Å². The van der Waals surface area contributed by atoms with E-state index < -0.39 is 10.0 Å². The molecule has 2 N–H and O–H groups in total. The van der Waals surface area contributed by atoms with Gasteiger partial charge in [0.1, 0.15) is 0 Å². The van der Waals surface area contributed by atoms with Crippen molar-refractivity contribution >= 4 is 42.8 Å². The summed E-state index contributed by atoms with van der Waals surface area (Å²) in [5.74, 6) is 0.129. The number of anilines is 1. The number of rotatable bonds is 3. The smallest absolute Gasteiger partial charge is 0.268 e. The molecule has 0 aliphatic heterocycles. The van der Waals surface area contributed by atoms with E-state index in [-0.39, 0.29) is 16.3 Å². The standard InChI is InChI=1S/C22H21BrN4O2S/c1-22(2,3)14-4-7-16(8-5-14)30(28,29)27-13-18(19-10-11-25-21(24)26-19)17-12-15(23)6-9-20(17)27/h4-13H,1-3H3,(H2,24,25,26). The van der Waals surface area contributed by atoms with Gasteiger partial charge in [-0.05, 0) is 47.4 Å². The zero-order chi connectivity index (χ0) is 21.7. The Morgan fingerprint density at radius 2 is 1.73 bits per heavy atom. The van der Waals surface area contributed by atoms with Crippen LogP contribution < -0.4 is 5.73 Å². The van der Waals surface area contributed by atoms with Crippen LogP contribution in [0.5, 0.6) is 0 Å². The van der Waals surface area contributed by atoms with E-state index in [0.29, 0.717) is 16.8 Å². The number of aromatic nitrogens is 3. The van der Waals surface area contributed by atoms with Gasteiger partial charge in [0, 0.05) is 27.8 Å². The average Bonchev–Trinajstić information content (AvgIpc) is 3.07. The molecule has 4 aromatic rings. The number of hydrogen-bond donors (Lipinski definition) is 1. The third-order valence-corrected chi connectivity index (χ3v) is 7.14. The summed E-state index contributed by atoms with van der Waals surface area (Å²) >= 11 is 3.47. The summed E-state index contributed by atoms with van der Waals surface area (Å²) in [5, 5.41) is 0.748. The molecule has 2 heterocycles. The molecule has 6 nitrogen and oxygen atoms in total. The maximum Gasteiger partial charge on any atom is 0.268 e. The van der Waals surface area contributed by atoms with Crippen molar-refractivity contribution < 1.29 is 8.42 Å². The highest BCUT2D eigenvalue weighted by Gasteiger charge is 2.23. The molecule has 0 atom stereocenters. The highest BCUT2D eigenvalue weighted by molar-refractivity contribution is 9.10. The van der Waals surface area contributed by atoms with Gasteiger partial charge in [0.25, 0.3) is 10.0 Å². The van der Waals surface area contributed by atoms with E-state index in [2.05, 4.69) is 46.7 Å². The second-order valence-corrected chi connectivity index (χ2v) is 10.8. The largest absolute Gasteiger partial charge is 0.368 e. The van der Waals surface area contributed by atoms with E-state index in [1.165, 1.54) is 3.97 Å². The van der Waals surface area contributed by atoms with Gasteiger partial charge in [-0.25, -0.2) is 22.4 Å². The first-order valence-corrected chi connectivity index (χ1v) is 11.6. The Morgan fingerprint density at radius 3 is 2.37 bits per heavy atom. The number of nitrogen functional groups attached to an aromatic ring is 1. The van der Waals surface area contributed by atoms with Crippen LogP contribution in [0.1, 0.15) is 26.3 Å². The molecule has 0 spiro atoms. The molecule has 4 rings (SSSR count). The van der Waals surface area contributed by atoms with Gasteiger partial charge in [-0.2, -0.15) is 0 Å². The maximum atomic E-state index is 13.5. The summed E-state index contributed by atoms with van der Waals surface area (Å²) in [6, 6.07) is 14.2. The molecule has 0 amide bonds. The van der Waals surface area contributed by atoms with Crippen molar-refractivity contribution in [3.8, 4) is 11.3 Å². The number of benzene rings is 2. The minimum Gasteiger partial charge on any atom is -0.368 e. The minimum absolute atomic E-state index is 0.0607. The second kappa shape index (κ2) is 7.21. The van der Waals surface area contributed by atoms with Crippen molar-refractivity contribution in [1.29, 1.82) is 0 Å². The SMILES string of the molecule is CC(C)(C)c1ccc(S(=O)(=O)n2cc(-c3ccnc(N)n3)c3cc(Br)ccc32)cc1. The highest BCUT2D eigenvalue weighted by atomic mass is 79.9. The van der Waals surface area contributed by atoms with Gasteiger partial charge in [-0.15, -0.1) is 0 Å². The maximum absolute atomic E-state index is 13.5. The van der Waals surface area contributed by atoms with E-state index in [0.717, 1.165) is 15.4 Å². The van der Waals surface area contributed by atoms with E-state index in [4.69, 9.17) is 5.73 Å². The van der Waals surface area contributed by atoms with Crippen molar-refractivity contribution in [2.45, 2.75) is 31.1 Å². The lowest BCUT2D eigenvalue weighted by Gasteiger charge is -2.19. The van der Waals surface area contributed by atoms with Gasteiger partial charge >= 0.3 is 0 Å². The van der Waals surface area contributed by atoms with Gasteiger partial charge in [0.05, 0.1) is 16.1 Å². The summed E-state index contributed by atoms with van der Waals surface area (Å²) < 4.78 is 29.1. The first kappa shape index (κ1) is 20.6. The van der Waals surface area contributed by atoms with Crippen LogP contribution in [0.2, 0.25) is 0 Å². The number of nitrogens with zero attached hydrogens (tertiary/aromatic N) is 3. The zero-order valence-electron chi connectivity index (χ0n) is 16.8. The first-order chi connectivity index (χ1) is 14.1. The van der Waals surface area contributed by atoms with Gasteiger partial charge in [0.15, 0.2) is 0 Å². The summed E-state index contributed by atoms with van der Waals surface area (Å²) in [7, 11) is -3.81. The van der Waals surface area contributed by atoms with Gasteiger partial charge in [-0.3, -0.25) is 0 Å². The zero-order valence-corrected chi connectivity index (χ0v) is 19.2. The fourth-order valence-corrected chi connectivity index (χ4v) is 5.07. The molecule has 30 heavy (non-hydrogen) atoms. The Balaban J connectivity index is 1.92. The van der Waals surface area contributed by atoms with Crippen LogP contribution in [0.15, 0.2) is 70.3 Å². The fourth-order valence-electron chi connectivity index (χ4n) is 3.34. The number of nitrogens with two attached hydrogens (primary N) is 1. The fraction of sp³-hybridized carbons (Fsp3) is 0.182. The molecule has 0 aliphatic carbocycles. The van der Waals surface area contributed by atoms with E-state index in [1.54, 1.807) is 36.7 Å². The van der Waals surface area contributed by atoms with Crippen molar-refractivity contribution in [2.24, 2.45) is 0 Å². The van der Waals surface area contributed by atoms with Crippen molar-refractivity contribution in [2.75, 3.05) is 5.73 Å². The second-order valence-electron chi connectivity index (χ2n) is 8.08. The van der Waals surface area contributed by atoms with Crippen LogP contribution in [-0.4, -0.2) is 22.4 Å². The van der Waals surface area contributed by atoms with Crippen LogP contribution in [0.25, 0.3) is 22.2 Å². The lowest BCUT2D eigenvalue weighted by Crippen LogP contribution is -2.14. The Morgan fingerprint density at radius 1 is 1.03 bits per heavy atom. The topological polar surface area (TPSA) is 90.9 Å². The van der Waals surface area contributed by atoms with Crippen molar-refractivity contribution in [3.63, 3.8) is 0 Å². The van der Waals surface area contributed by atoms with E-state index in [1.807, 2.05) is 24.3 Å². The van der Waals surface area contributed by atoms with Gasteiger partial charge < -0.3 is 5.73 Å². The minimum atomic E-state index is -3.81. The highest BCUT2D eigenvalue weighted by Crippen LogP contribution is 2.34. The molecule has 0 bridgehead atoms. The third-order valence-electron chi connectivity index (χ3n) is 4.96. The van der Waals surface area contributed by atoms with Crippen LogP contribution in [0, 0.1) is 0 Å². The van der Waals surface area contributed by atoms with Crippen molar-refractivity contribution in [3.05, 3.63) is 71.0 Å². The number of fused-ring (bicyclic) bond motifs is 1. The predicted octanol–water partition coefficient (Wildman–Crippen LogP) is 4.98. The number of hydrogen-bond acceptors (Lipinski definition) is 5. The van der Waals surface area contributed by atoms with Crippen LogP contribution in [0.3, 0.4) is 0 Å². The quantitative estimate of drug-likeness (QED) is 0.442. The lowest BCUT2D eigenvalue weighted by atomic mass is 9.87. The normalized spacial score (nSPS) is 12.4. The Bertz CT molecular complexity index is 1350. The third kappa shape index (κ3) is 3.61. The van der Waals surface area contributed by atoms with Gasteiger partial charge in [0.2, 0.25) is 5.95 Å². The molecule has 0 aliphatic rings. The predicted molar refractivity (Wildman–Crippen MR) is 123 cm³/mol. The molecule has 8 heteroatoms. The summed E-state index contributed by atoms with van der Waals surface area (Å²) in [5.41, 5.74) is 8.54. The molecule has 0 saturated carbocycles. The molecule has 0 saturated heterocycles. The monoisotopic (exact) mass is 484 g/mol. The molecular formula is C22H21BrN4O2S.